The Morgan fingerprint density at radius 1 is 1.29 bits per heavy atom. The van der Waals surface area contributed by atoms with Gasteiger partial charge in [-0.05, 0) is 17.7 Å². The highest BCUT2D eigenvalue weighted by Gasteiger charge is 2.17. The standard InChI is InChI=1S/C18H25N3O3/c22-13-17-12-21(7-9-23-14-17)11-16-1-3-18(4-2-16)24-10-8-20-6-5-19-15-20/h1-6,15,17,22H,7-14H2/t17-/m0/s1. The van der Waals surface area contributed by atoms with Crippen molar-refractivity contribution in [3.05, 3.63) is 48.5 Å². The van der Waals surface area contributed by atoms with Crippen LogP contribution in [0.3, 0.4) is 0 Å². The van der Waals surface area contributed by atoms with Gasteiger partial charge >= 0.3 is 0 Å². The summed E-state index contributed by atoms with van der Waals surface area (Å²) >= 11 is 0. The molecule has 1 aromatic carbocycles. The first-order chi connectivity index (χ1) is 11.8. The molecule has 130 valence electrons. The van der Waals surface area contributed by atoms with Crippen molar-refractivity contribution >= 4 is 0 Å². The molecule has 1 fully saturated rings. The lowest BCUT2D eigenvalue weighted by atomic mass is 10.1. The maximum atomic E-state index is 9.36. The zero-order valence-electron chi connectivity index (χ0n) is 13.9. The molecule has 1 saturated heterocycles. The van der Waals surface area contributed by atoms with Crippen molar-refractivity contribution in [2.24, 2.45) is 5.92 Å². The smallest absolute Gasteiger partial charge is 0.119 e. The molecule has 0 amide bonds. The van der Waals surface area contributed by atoms with E-state index in [1.807, 2.05) is 22.9 Å². The third-order valence-corrected chi connectivity index (χ3v) is 4.19. The highest BCUT2D eigenvalue weighted by molar-refractivity contribution is 5.27. The summed E-state index contributed by atoms with van der Waals surface area (Å²) in [5.41, 5.74) is 1.25. The molecule has 0 saturated carbocycles. The van der Waals surface area contributed by atoms with Crippen molar-refractivity contribution in [1.82, 2.24) is 14.5 Å². The highest BCUT2D eigenvalue weighted by Crippen LogP contribution is 2.15. The summed E-state index contributed by atoms with van der Waals surface area (Å²) < 4.78 is 13.3. The van der Waals surface area contributed by atoms with E-state index in [0.29, 0.717) is 13.2 Å². The minimum atomic E-state index is 0.181. The number of rotatable bonds is 7. The van der Waals surface area contributed by atoms with Crippen LogP contribution in [0, 0.1) is 5.92 Å². The number of imidazole rings is 1. The van der Waals surface area contributed by atoms with Gasteiger partial charge in [0.05, 0.1) is 26.1 Å². The third-order valence-electron chi connectivity index (χ3n) is 4.19. The van der Waals surface area contributed by atoms with Crippen molar-refractivity contribution in [3.63, 3.8) is 0 Å². The molecule has 0 aliphatic carbocycles. The van der Waals surface area contributed by atoms with Gasteiger partial charge in [-0.3, -0.25) is 4.90 Å². The molecule has 0 radical (unpaired) electrons. The second-order valence-corrected chi connectivity index (χ2v) is 6.15. The summed E-state index contributed by atoms with van der Waals surface area (Å²) in [6, 6.07) is 8.24. The minimum absolute atomic E-state index is 0.181. The van der Waals surface area contributed by atoms with E-state index in [9.17, 15) is 5.11 Å². The molecule has 1 aliphatic heterocycles. The molecule has 6 nitrogen and oxygen atoms in total. The predicted octanol–water partition coefficient (Wildman–Crippen LogP) is 1.40. The summed E-state index contributed by atoms with van der Waals surface area (Å²) in [5, 5.41) is 9.36. The van der Waals surface area contributed by atoms with Crippen molar-refractivity contribution in [1.29, 1.82) is 0 Å². The lowest BCUT2D eigenvalue weighted by Crippen LogP contribution is -2.30. The second kappa shape index (κ2) is 8.82. The van der Waals surface area contributed by atoms with E-state index in [1.54, 1.807) is 12.5 Å². The van der Waals surface area contributed by atoms with Crippen LogP contribution in [0.1, 0.15) is 5.56 Å². The van der Waals surface area contributed by atoms with Crippen LogP contribution in [0.25, 0.3) is 0 Å². The molecule has 3 rings (SSSR count). The molecular formula is C18H25N3O3. The van der Waals surface area contributed by atoms with Crippen LogP contribution in [0.4, 0.5) is 0 Å². The number of aliphatic hydroxyl groups excluding tert-OH is 1. The zero-order chi connectivity index (χ0) is 16.6. The molecule has 0 spiro atoms. The Bertz CT molecular complexity index is 586. The summed E-state index contributed by atoms with van der Waals surface area (Å²) in [6.45, 7) is 5.62. The van der Waals surface area contributed by atoms with Gasteiger partial charge in [-0.1, -0.05) is 12.1 Å². The van der Waals surface area contributed by atoms with Gasteiger partial charge in [0, 0.05) is 44.6 Å². The first kappa shape index (κ1) is 17.0. The number of ether oxygens (including phenoxy) is 2. The van der Waals surface area contributed by atoms with Gasteiger partial charge < -0.3 is 19.1 Å². The molecule has 2 aromatic rings. The average Bonchev–Trinajstić information content (AvgIpc) is 3.02. The number of nitrogens with zero attached hydrogens (tertiary/aromatic N) is 3. The first-order valence-corrected chi connectivity index (χ1v) is 8.42. The molecule has 2 heterocycles. The lowest BCUT2D eigenvalue weighted by molar-refractivity contribution is 0.0958. The maximum Gasteiger partial charge on any atom is 0.119 e. The number of benzene rings is 1. The predicted molar refractivity (Wildman–Crippen MR) is 90.8 cm³/mol. The van der Waals surface area contributed by atoms with Gasteiger partial charge in [-0.2, -0.15) is 0 Å². The fraction of sp³-hybridized carbons (Fsp3) is 0.500. The zero-order valence-corrected chi connectivity index (χ0v) is 13.9. The highest BCUT2D eigenvalue weighted by atomic mass is 16.5. The molecule has 1 aliphatic rings. The topological polar surface area (TPSA) is 59.8 Å². The molecule has 6 heteroatoms. The largest absolute Gasteiger partial charge is 0.492 e. The summed E-state index contributed by atoms with van der Waals surface area (Å²) in [4.78, 5) is 6.35. The van der Waals surface area contributed by atoms with Gasteiger partial charge in [0.25, 0.3) is 0 Å². The van der Waals surface area contributed by atoms with Crippen molar-refractivity contribution in [2.45, 2.75) is 13.1 Å². The van der Waals surface area contributed by atoms with Crippen LogP contribution in [-0.4, -0.2) is 59.1 Å². The van der Waals surface area contributed by atoms with Gasteiger partial charge in [0.2, 0.25) is 0 Å². The van der Waals surface area contributed by atoms with E-state index < -0.39 is 0 Å². The minimum Gasteiger partial charge on any atom is -0.492 e. The van der Waals surface area contributed by atoms with E-state index in [4.69, 9.17) is 9.47 Å². The van der Waals surface area contributed by atoms with Crippen molar-refractivity contribution in [2.75, 3.05) is 39.5 Å². The first-order valence-electron chi connectivity index (χ1n) is 8.42. The van der Waals surface area contributed by atoms with Gasteiger partial charge in [-0.25, -0.2) is 4.98 Å². The number of aromatic nitrogens is 2. The molecule has 24 heavy (non-hydrogen) atoms. The monoisotopic (exact) mass is 331 g/mol. The lowest BCUT2D eigenvalue weighted by Gasteiger charge is -2.22. The number of hydrogen-bond donors (Lipinski definition) is 1. The van der Waals surface area contributed by atoms with E-state index in [2.05, 4.69) is 22.0 Å². The Morgan fingerprint density at radius 3 is 2.92 bits per heavy atom. The molecule has 1 aromatic heterocycles. The fourth-order valence-corrected chi connectivity index (χ4v) is 2.84. The Morgan fingerprint density at radius 2 is 2.17 bits per heavy atom. The molecule has 0 bridgehead atoms. The van der Waals surface area contributed by atoms with E-state index in [1.165, 1.54) is 5.56 Å². The van der Waals surface area contributed by atoms with Crippen LogP contribution in [-0.2, 0) is 17.8 Å². The number of aliphatic hydroxyl groups is 1. The fourth-order valence-electron chi connectivity index (χ4n) is 2.84. The van der Waals surface area contributed by atoms with Crippen LogP contribution in [0.5, 0.6) is 5.75 Å². The van der Waals surface area contributed by atoms with Gasteiger partial charge in [0.1, 0.15) is 12.4 Å². The summed E-state index contributed by atoms with van der Waals surface area (Å²) in [5.74, 6) is 1.09. The molecule has 1 atom stereocenters. The Labute approximate surface area is 142 Å². The molecule has 0 unspecified atom stereocenters. The number of hydrogen-bond acceptors (Lipinski definition) is 5. The molecule has 1 N–H and O–H groups in total. The molecular weight excluding hydrogens is 306 g/mol. The van der Waals surface area contributed by atoms with E-state index in [0.717, 1.165) is 38.5 Å². The van der Waals surface area contributed by atoms with Crippen molar-refractivity contribution in [3.8, 4) is 5.75 Å². The Hall–Kier alpha value is -1.89. The van der Waals surface area contributed by atoms with Crippen LogP contribution in [0.2, 0.25) is 0 Å². The second-order valence-electron chi connectivity index (χ2n) is 6.15. The van der Waals surface area contributed by atoms with Gasteiger partial charge in [-0.15, -0.1) is 0 Å². The van der Waals surface area contributed by atoms with Crippen LogP contribution in [0.15, 0.2) is 43.0 Å². The normalized spacial score (nSPS) is 19.1. The summed E-state index contributed by atoms with van der Waals surface area (Å²) in [7, 11) is 0. The van der Waals surface area contributed by atoms with Crippen molar-refractivity contribution < 1.29 is 14.6 Å². The quantitative estimate of drug-likeness (QED) is 0.831. The summed E-state index contributed by atoms with van der Waals surface area (Å²) in [6.07, 6.45) is 5.48. The van der Waals surface area contributed by atoms with E-state index >= 15 is 0 Å². The maximum absolute atomic E-state index is 9.36. The van der Waals surface area contributed by atoms with Crippen LogP contribution < -0.4 is 4.74 Å². The Kier molecular flexibility index (Phi) is 6.23. The average molecular weight is 331 g/mol. The SMILES string of the molecule is OC[C@H]1COCCN(Cc2ccc(OCCn3ccnc3)cc2)C1. The van der Waals surface area contributed by atoms with Gasteiger partial charge in [0.15, 0.2) is 0 Å². The Balaban J connectivity index is 1.46. The third kappa shape index (κ3) is 5.06. The van der Waals surface area contributed by atoms with Crippen LogP contribution >= 0.6 is 0 Å². The van der Waals surface area contributed by atoms with E-state index in [-0.39, 0.29) is 12.5 Å².